The van der Waals surface area contributed by atoms with Crippen molar-refractivity contribution in [1.82, 2.24) is 15.1 Å². The number of aryl methyl sites for hydroxylation is 1. The Morgan fingerprint density at radius 3 is 2.54 bits per heavy atom. The van der Waals surface area contributed by atoms with Gasteiger partial charge in [-0.05, 0) is 24.1 Å². The zero-order valence-corrected chi connectivity index (χ0v) is 14.7. The Morgan fingerprint density at radius 2 is 1.79 bits per heavy atom. The Labute approximate surface area is 147 Å². The van der Waals surface area contributed by atoms with Crippen molar-refractivity contribution in [1.29, 1.82) is 0 Å². The molecule has 6 heteroatoms. The zero-order chi connectivity index (χ0) is 17.1. The minimum atomic E-state index is -0.283. The minimum absolute atomic E-state index is 0.213. The van der Waals surface area contributed by atoms with Crippen molar-refractivity contribution in [2.24, 2.45) is 7.05 Å². The van der Waals surface area contributed by atoms with E-state index in [1.165, 1.54) is 4.68 Å². The fraction of sp³-hybridized carbons (Fsp3) is 0.167. The van der Waals surface area contributed by atoms with Gasteiger partial charge in [-0.25, -0.2) is 4.68 Å². The number of benzene rings is 2. The summed E-state index contributed by atoms with van der Waals surface area (Å²) in [5, 5.41) is 8.06. The molecule has 0 bridgehead atoms. The number of halogens is 1. The highest BCUT2D eigenvalue weighted by Crippen LogP contribution is 2.16. The molecule has 122 valence electrons. The van der Waals surface area contributed by atoms with Gasteiger partial charge in [-0.15, -0.1) is 0 Å². The SMILES string of the molecule is Cn1nc(C(=O)NCCc2ccccc2Br)c2ccccc2c1=O. The maximum atomic E-state index is 12.5. The number of nitrogens with one attached hydrogen (secondary N) is 1. The highest BCUT2D eigenvalue weighted by molar-refractivity contribution is 9.10. The fourth-order valence-corrected chi connectivity index (χ4v) is 3.05. The summed E-state index contributed by atoms with van der Waals surface area (Å²) in [4.78, 5) is 24.6. The summed E-state index contributed by atoms with van der Waals surface area (Å²) >= 11 is 3.50. The van der Waals surface area contributed by atoms with Gasteiger partial charge < -0.3 is 5.32 Å². The number of nitrogens with zero attached hydrogens (tertiary/aromatic N) is 2. The van der Waals surface area contributed by atoms with Crippen LogP contribution in [0.1, 0.15) is 16.1 Å². The first kappa shape index (κ1) is 16.4. The standard InChI is InChI=1S/C18H16BrN3O2/c1-22-18(24)14-8-4-3-7-13(14)16(21-22)17(23)20-11-10-12-6-2-5-9-15(12)19/h2-9H,10-11H2,1H3,(H,20,23). The van der Waals surface area contributed by atoms with E-state index in [0.717, 1.165) is 10.0 Å². The number of hydrogen-bond donors (Lipinski definition) is 1. The van der Waals surface area contributed by atoms with Gasteiger partial charge in [-0.2, -0.15) is 5.10 Å². The second-order valence-electron chi connectivity index (χ2n) is 5.42. The smallest absolute Gasteiger partial charge is 0.274 e. The molecule has 24 heavy (non-hydrogen) atoms. The van der Waals surface area contributed by atoms with Crippen LogP contribution in [0.2, 0.25) is 0 Å². The second kappa shape index (κ2) is 6.97. The summed E-state index contributed by atoms with van der Waals surface area (Å²) in [6.07, 6.45) is 0.705. The lowest BCUT2D eigenvalue weighted by atomic mass is 10.1. The van der Waals surface area contributed by atoms with Crippen molar-refractivity contribution in [2.75, 3.05) is 6.54 Å². The van der Waals surface area contributed by atoms with Crippen LogP contribution in [0.25, 0.3) is 10.8 Å². The predicted octanol–water partition coefficient (Wildman–Crippen LogP) is 2.67. The summed E-state index contributed by atoms with van der Waals surface area (Å²) in [5.41, 5.74) is 1.17. The van der Waals surface area contributed by atoms with Gasteiger partial charge in [0.1, 0.15) is 0 Å². The Hall–Kier alpha value is -2.47. The van der Waals surface area contributed by atoms with Crippen LogP contribution in [-0.2, 0) is 13.5 Å². The molecule has 1 amide bonds. The van der Waals surface area contributed by atoms with E-state index in [1.54, 1.807) is 31.3 Å². The van der Waals surface area contributed by atoms with Crippen LogP contribution in [0.3, 0.4) is 0 Å². The summed E-state index contributed by atoms with van der Waals surface area (Å²) in [6, 6.07) is 14.9. The van der Waals surface area contributed by atoms with Crippen molar-refractivity contribution < 1.29 is 4.79 Å². The Kier molecular flexibility index (Phi) is 4.76. The van der Waals surface area contributed by atoms with Crippen LogP contribution in [0.4, 0.5) is 0 Å². The fourth-order valence-electron chi connectivity index (χ4n) is 2.56. The van der Waals surface area contributed by atoms with Crippen molar-refractivity contribution in [3.63, 3.8) is 0 Å². The molecule has 0 unspecified atom stereocenters. The summed E-state index contributed by atoms with van der Waals surface area (Å²) in [7, 11) is 1.55. The van der Waals surface area contributed by atoms with Gasteiger partial charge >= 0.3 is 0 Å². The zero-order valence-electron chi connectivity index (χ0n) is 13.1. The molecule has 1 aromatic heterocycles. The Balaban J connectivity index is 1.81. The van der Waals surface area contributed by atoms with E-state index in [9.17, 15) is 9.59 Å². The molecule has 1 heterocycles. The third-order valence-electron chi connectivity index (χ3n) is 3.81. The topological polar surface area (TPSA) is 64.0 Å². The first-order chi connectivity index (χ1) is 11.6. The van der Waals surface area contributed by atoms with Gasteiger partial charge in [0.15, 0.2) is 5.69 Å². The van der Waals surface area contributed by atoms with Crippen LogP contribution in [0.5, 0.6) is 0 Å². The number of fused-ring (bicyclic) bond motifs is 1. The number of carbonyl (C=O) groups is 1. The lowest BCUT2D eigenvalue weighted by Gasteiger charge is -2.09. The monoisotopic (exact) mass is 385 g/mol. The molecule has 0 fully saturated rings. The number of rotatable bonds is 4. The maximum Gasteiger partial charge on any atom is 0.274 e. The van der Waals surface area contributed by atoms with Gasteiger partial charge in [0, 0.05) is 23.5 Å². The molecule has 0 atom stereocenters. The lowest BCUT2D eigenvalue weighted by Crippen LogP contribution is -2.30. The van der Waals surface area contributed by atoms with E-state index < -0.39 is 0 Å². The molecule has 0 radical (unpaired) electrons. The largest absolute Gasteiger partial charge is 0.350 e. The Bertz CT molecular complexity index is 966. The minimum Gasteiger partial charge on any atom is -0.350 e. The second-order valence-corrected chi connectivity index (χ2v) is 6.27. The molecule has 5 nitrogen and oxygen atoms in total. The van der Waals surface area contributed by atoms with Gasteiger partial charge in [0.2, 0.25) is 0 Å². The maximum absolute atomic E-state index is 12.5. The summed E-state index contributed by atoms with van der Waals surface area (Å²) in [6.45, 7) is 0.486. The first-order valence-electron chi connectivity index (χ1n) is 7.55. The average molecular weight is 386 g/mol. The number of amides is 1. The van der Waals surface area contributed by atoms with Crippen LogP contribution in [-0.4, -0.2) is 22.2 Å². The third-order valence-corrected chi connectivity index (χ3v) is 4.58. The van der Waals surface area contributed by atoms with E-state index >= 15 is 0 Å². The van der Waals surface area contributed by atoms with Crippen molar-refractivity contribution in [3.05, 3.63) is 74.6 Å². The van der Waals surface area contributed by atoms with E-state index in [0.29, 0.717) is 23.7 Å². The van der Waals surface area contributed by atoms with Gasteiger partial charge in [0.25, 0.3) is 11.5 Å². The van der Waals surface area contributed by atoms with Crippen molar-refractivity contribution >= 4 is 32.6 Å². The molecule has 1 N–H and O–H groups in total. The van der Waals surface area contributed by atoms with E-state index in [1.807, 2.05) is 24.3 Å². The van der Waals surface area contributed by atoms with Crippen molar-refractivity contribution in [2.45, 2.75) is 6.42 Å². The first-order valence-corrected chi connectivity index (χ1v) is 8.35. The van der Waals surface area contributed by atoms with E-state index in [4.69, 9.17) is 0 Å². The van der Waals surface area contributed by atoms with Crippen LogP contribution < -0.4 is 10.9 Å². The highest BCUT2D eigenvalue weighted by atomic mass is 79.9. The number of aromatic nitrogens is 2. The number of carbonyl (C=O) groups excluding carboxylic acids is 1. The lowest BCUT2D eigenvalue weighted by molar-refractivity contribution is 0.0949. The summed E-state index contributed by atoms with van der Waals surface area (Å²) < 4.78 is 2.22. The molecule has 0 saturated heterocycles. The average Bonchev–Trinajstić information content (AvgIpc) is 2.59. The van der Waals surface area contributed by atoms with Crippen LogP contribution >= 0.6 is 15.9 Å². The molecule has 3 rings (SSSR count). The van der Waals surface area contributed by atoms with E-state index in [2.05, 4.69) is 26.3 Å². The number of hydrogen-bond acceptors (Lipinski definition) is 3. The van der Waals surface area contributed by atoms with Crippen LogP contribution in [0.15, 0.2) is 57.8 Å². The predicted molar refractivity (Wildman–Crippen MR) is 97.2 cm³/mol. The van der Waals surface area contributed by atoms with Gasteiger partial charge in [0.05, 0.1) is 5.39 Å². The molecule has 0 aliphatic heterocycles. The highest BCUT2D eigenvalue weighted by Gasteiger charge is 2.15. The van der Waals surface area contributed by atoms with Gasteiger partial charge in [-0.3, -0.25) is 9.59 Å². The molecule has 0 aliphatic rings. The van der Waals surface area contributed by atoms with Gasteiger partial charge in [-0.1, -0.05) is 52.3 Å². The van der Waals surface area contributed by atoms with Crippen molar-refractivity contribution in [3.8, 4) is 0 Å². The van der Waals surface area contributed by atoms with E-state index in [-0.39, 0.29) is 17.2 Å². The quantitative estimate of drug-likeness (QED) is 0.750. The molecular weight excluding hydrogens is 370 g/mol. The normalized spacial score (nSPS) is 10.8. The molecular formula is C18H16BrN3O2. The third kappa shape index (κ3) is 3.23. The molecule has 2 aromatic carbocycles. The molecule has 3 aromatic rings. The molecule has 0 saturated carbocycles. The molecule has 0 aliphatic carbocycles. The molecule has 0 spiro atoms. The van der Waals surface area contributed by atoms with Crippen LogP contribution in [0, 0.1) is 0 Å². The summed E-state index contributed by atoms with van der Waals surface area (Å²) in [5.74, 6) is -0.283. The Morgan fingerprint density at radius 1 is 1.12 bits per heavy atom.